The molecule has 3 heteroatoms. The van der Waals surface area contributed by atoms with Gasteiger partial charge < -0.3 is 10.5 Å². The van der Waals surface area contributed by atoms with Gasteiger partial charge >= 0.3 is 5.97 Å². The molecule has 3 nitrogen and oxygen atoms in total. The van der Waals surface area contributed by atoms with Crippen LogP contribution in [-0.2, 0) is 22.4 Å². The summed E-state index contributed by atoms with van der Waals surface area (Å²) >= 11 is 0. The molecule has 23 heavy (non-hydrogen) atoms. The van der Waals surface area contributed by atoms with Gasteiger partial charge in [-0.15, -0.1) is 0 Å². The van der Waals surface area contributed by atoms with Crippen molar-refractivity contribution in [3.63, 3.8) is 0 Å². The van der Waals surface area contributed by atoms with Crippen LogP contribution in [0.15, 0.2) is 18.2 Å². The van der Waals surface area contributed by atoms with E-state index < -0.39 is 0 Å². The fourth-order valence-corrected chi connectivity index (χ4v) is 3.43. The number of carbonyl (C=O) groups excluding carboxylic acids is 1. The zero-order valence-electron chi connectivity index (χ0n) is 14.6. The Hall–Kier alpha value is -1.51. The summed E-state index contributed by atoms with van der Waals surface area (Å²) in [6.07, 6.45) is 8.27. The molecule has 1 aliphatic rings. The van der Waals surface area contributed by atoms with Gasteiger partial charge in [-0.3, -0.25) is 4.79 Å². The van der Waals surface area contributed by atoms with Gasteiger partial charge in [0.05, 0.1) is 6.61 Å². The standard InChI is InChI=1S/C20H31NO2/c1-3-5-6-15(4-2)14-23-20(22)12-16-7-8-17-9-10-19(21)13-18(17)11-16/h9-10,13,15-16H,3-8,11-12,14,21H2,1-2H3. The topological polar surface area (TPSA) is 52.3 Å². The molecule has 2 atom stereocenters. The van der Waals surface area contributed by atoms with Gasteiger partial charge in [0.1, 0.15) is 0 Å². The van der Waals surface area contributed by atoms with Crippen molar-refractivity contribution in [3.05, 3.63) is 29.3 Å². The molecule has 0 amide bonds. The lowest BCUT2D eigenvalue weighted by Crippen LogP contribution is -2.21. The van der Waals surface area contributed by atoms with Crippen LogP contribution in [0.25, 0.3) is 0 Å². The minimum absolute atomic E-state index is 0.0303. The number of aryl methyl sites for hydroxylation is 1. The van der Waals surface area contributed by atoms with E-state index in [1.807, 2.05) is 6.07 Å². The highest BCUT2D eigenvalue weighted by molar-refractivity contribution is 5.69. The number of hydrogen-bond acceptors (Lipinski definition) is 3. The first-order valence-electron chi connectivity index (χ1n) is 9.15. The van der Waals surface area contributed by atoms with E-state index in [0.29, 0.717) is 24.9 Å². The summed E-state index contributed by atoms with van der Waals surface area (Å²) in [4.78, 5) is 12.1. The normalized spacial score (nSPS) is 18.3. The van der Waals surface area contributed by atoms with Crippen LogP contribution in [0.2, 0.25) is 0 Å². The molecule has 1 aliphatic carbocycles. The highest BCUT2D eigenvalue weighted by Crippen LogP contribution is 2.29. The first kappa shape index (κ1) is 17.8. The summed E-state index contributed by atoms with van der Waals surface area (Å²) in [5.74, 6) is 0.885. The van der Waals surface area contributed by atoms with Gasteiger partial charge in [0.2, 0.25) is 0 Å². The zero-order valence-corrected chi connectivity index (χ0v) is 14.6. The highest BCUT2D eigenvalue weighted by Gasteiger charge is 2.22. The molecule has 1 aromatic rings. The number of hydrogen-bond donors (Lipinski definition) is 1. The first-order valence-corrected chi connectivity index (χ1v) is 9.15. The number of ether oxygens (including phenoxy) is 1. The molecule has 0 radical (unpaired) electrons. The second-order valence-corrected chi connectivity index (χ2v) is 6.94. The lowest BCUT2D eigenvalue weighted by molar-refractivity contribution is -0.146. The van der Waals surface area contributed by atoms with E-state index in [1.54, 1.807) is 0 Å². The largest absolute Gasteiger partial charge is 0.465 e. The lowest BCUT2D eigenvalue weighted by atomic mass is 9.82. The van der Waals surface area contributed by atoms with Crippen molar-refractivity contribution in [3.8, 4) is 0 Å². The summed E-state index contributed by atoms with van der Waals surface area (Å²) in [6.45, 7) is 4.97. The van der Waals surface area contributed by atoms with Crippen LogP contribution < -0.4 is 5.73 Å². The van der Waals surface area contributed by atoms with Crippen LogP contribution in [0.1, 0.15) is 63.5 Å². The zero-order chi connectivity index (χ0) is 16.7. The molecule has 128 valence electrons. The van der Waals surface area contributed by atoms with Crippen LogP contribution in [0.3, 0.4) is 0 Å². The second-order valence-electron chi connectivity index (χ2n) is 6.94. The van der Waals surface area contributed by atoms with Crippen molar-refractivity contribution < 1.29 is 9.53 Å². The molecule has 2 rings (SSSR count). The van der Waals surface area contributed by atoms with Gasteiger partial charge in [-0.2, -0.15) is 0 Å². The number of nitrogen functional groups attached to an aromatic ring is 1. The number of carbonyl (C=O) groups is 1. The first-order chi connectivity index (χ1) is 11.1. The number of rotatable bonds is 8. The van der Waals surface area contributed by atoms with E-state index in [2.05, 4.69) is 26.0 Å². The molecule has 2 unspecified atom stereocenters. The number of benzene rings is 1. The van der Waals surface area contributed by atoms with Crippen LogP contribution in [0.4, 0.5) is 5.69 Å². The van der Waals surface area contributed by atoms with Crippen molar-refractivity contribution in [2.75, 3.05) is 12.3 Å². The average Bonchev–Trinajstić information content (AvgIpc) is 2.54. The summed E-state index contributed by atoms with van der Waals surface area (Å²) in [6, 6.07) is 6.15. The van der Waals surface area contributed by atoms with Crippen molar-refractivity contribution in [1.29, 1.82) is 0 Å². The van der Waals surface area contributed by atoms with Crippen molar-refractivity contribution >= 4 is 11.7 Å². The molecule has 0 fully saturated rings. The molecule has 0 aromatic heterocycles. The van der Waals surface area contributed by atoms with E-state index in [0.717, 1.165) is 37.8 Å². The summed E-state index contributed by atoms with van der Waals surface area (Å²) < 4.78 is 5.54. The minimum atomic E-state index is -0.0303. The second kappa shape index (κ2) is 8.95. The molecule has 1 aromatic carbocycles. The maximum atomic E-state index is 12.1. The van der Waals surface area contributed by atoms with E-state index in [-0.39, 0.29) is 5.97 Å². The highest BCUT2D eigenvalue weighted by atomic mass is 16.5. The van der Waals surface area contributed by atoms with E-state index in [9.17, 15) is 4.79 Å². The third-order valence-corrected chi connectivity index (χ3v) is 5.04. The van der Waals surface area contributed by atoms with Crippen LogP contribution in [0.5, 0.6) is 0 Å². The molecule has 2 N–H and O–H groups in total. The molecule has 0 spiro atoms. The van der Waals surface area contributed by atoms with E-state index in [4.69, 9.17) is 10.5 Å². The van der Waals surface area contributed by atoms with Gasteiger partial charge in [0.25, 0.3) is 0 Å². The SMILES string of the molecule is CCCCC(CC)COC(=O)CC1CCc2ccc(N)cc2C1. The number of unbranched alkanes of at least 4 members (excludes halogenated alkanes) is 1. The molecule has 0 aliphatic heterocycles. The molecule has 0 saturated carbocycles. The van der Waals surface area contributed by atoms with Crippen LogP contribution >= 0.6 is 0 Å². The van der Waals surface area contributed by atoms with Crippen LogP contribution in [-0.4, -0.2) is 12.6 Å². The summed E-state index contributed by atoms with van der Waals surface area (Å²) in [5, 5.41) is 0. The molecule has 0 bridgehead atoms. The number of anilines is 1. The van der Waals surface area contributed by atoms with Crippen molar-refractivity contribution in [1.82, 2.24) is 0 Å². The maximum Gasteiger partial charge on any atom is 0.306 e. The molecule has 0 saturated heterocycles. The third kappa shape index (κ3) is 5.56. The smallest absolute Gasteiger partial charge is 0.306 e. The van der Waals surface area contributed by atoms with E-state index >= 15 is 0 Å². The van der Waals surface area contributed by atoms with Crippen LogP contribution in [0, 0.1) is 11.8 Å². The molecule has 0 heterocycles. The number of esters is 1. The van der Waals surface area contributed by atoms with Gasteiger partial charge in [-0.1, -0.05) is 39.2 Å². The molecular formula is C20H31NO2. The lowest BCUT2D eigenvalue weighted by Gasteiger charge is -2.24. The Morgan fingerprint density at radius 2 is 2.17 bits per heavy atom. The Labute approximate surface area is 140 Å². The van der Waals surface area contributed by atoms with Crippen molar-refractivity contribution in [2.24, 2.45) is 11.8 Å². The van der Waals surface area contributed by atoms with Gasteiger partial charge in [0.15, 0.2) is 0 Å². The predicted molar refractivity (Wildman–Crippen MR) is 95.3 cm³/mol. The van der Waals surface area contributed by atoms with E-state index in [1.165, 1.54) is 24.0 Å². The summed E-state index contributed by atoms with van der Waals surface area (Å²) in [7, 11) is 0. The average molecular weight is 317 g/mol. The minimum Gasteiger partial charge on any atom is -0.465 e. The van der Waals surface area contributed by atoms with Gasteiger partial charge in [-0.25, -0.2) is 0 Å². The third-order valence-electron chi connectivity index (χ3n) is 5.04. The summed E-state index contributed by atoms with van der Waals surface area (Å²) in [5.41, 5.74) is 9.38. The fourth-order valence-electron chi connectivity index (χ4n) is 3.43. The molecular weight excluding hydrogens is 286 g/mol. The van der Waals surface area contributed by atoms with Gasteiger partial charge in [-0.05, 0) is 60.8 Å². The Balaban J connectivity index is 1.77. The Morgan fingerprint density at radius 1 is 1.35 bits per heavy atom. The number of fused-ring (bicyclic) bond motifs is 1. The number of nitrogens with two attached hydrogens (primary N) is 1. The fraction of sp³-hybridized carbons (Fsp3) is 0.650. The quantitative estimate of drug-likeness (QED) is 0.566. The maximum absolute atomic E-state index is 12.1. The van der Waals surface area contributed by atoms with Gasteiger partial charge in [0, 0.05) is 12.1 Å². The predicted octanol–water partition coefficient (Wildman–Crippen LogP) is 4.52. The Kier molecular flexibility index (Phi) is 6.94. The Morgan fingerprint density at radius 3 is 2.91 bits per heavy atom. The monoisotopic (exact) mass is 317 g/mol. The van der Waals surface area contributed by atoms with Crippen molar-refractivity contribution in [2.45, 2.75) is 65.2 Å². The Bertz CT molecular complexity index is 512.